The zero-order chi connectivity index (χ0) is 13.7. The molecule has 0 aromatic carbocycles. The molecule has 2 rings (SSSR count). The first kappa shape index (κ1) is 14.2. The van der Waals surface area contributed by atoms with E-state index in [0.717, 1.165) is 36.6 Å². The quantitative estimate of drug-likeness (QED) is 0.798. The lowest BCUT2D eigenvalue weighted by molar-refractivity contribution is -0.145. The molecule has 1 aromatic rings. The number of nitrogens with zero attached hydrogens (tertiary/aromatic N) is 2. The van der Waals surface area contributed by atoms with Crippen LogP contribution in [0.1, 0.15) is 25.1 Å². The third-order valence-electron chi connectivity index (χ3n) is 3.29. The van der Waals surface area contributed by atoms with Crippen LogP contribution >= 0.6 is 11.5 Å². The first-order valence-corrected chi connectivity index (χ1v) is 7.16. The van der Waals surface area contributed by atoms with E-state index in [4.69, 9.17) is 9.47 Å². The van der Waals surface area contributed by atoms with Crippen molar-refractivity contribution in [3.63, 3.8) is 0 Å². The molecule has 1 N–H and O–H groups in total. The van der Waals surface area contributed by atoms with Crippen LogP contribution in [-0.4, -0.2) is 42.2 Å². The fourth-order valence-corrected chi connectivity index (χ4v) is 2.96. The van der Waals surface area contributed by atoms with Crippen molar-refractivity contribution in [1.29, 1.82) is 0 Å². The van der Waals surface area contributed by atoms with Gasteiger partial charge in [-0.25, -0.2) is 4.98 Å². The van der Waals surface area contributed by atoms with Crippen LogP contribution in [0.2, 0.25) is 0 Å². The number of carbonyl (C=O) groups excluding carboxylic acids is 1. The lowest BCUT2D eigenvalue weighted by atomic mass is 10.1. The predicted molar refractivity (Wildman–Crippen MR) is 72.3 cm³/mol. The maximum absolute atomic E-state index is 11.4. The number of rotatable bonds is 6. The van der Waals surface area contributed by atoms with Gasteiger partial charge < -0.3 is 14.8 Å². The molecule has 1 saturated carbocycles. The number of carbonyl (C=O) groups is 1. The monoisotopic (exact) mass is 285 g/mol. The van der Waals surface area contributed by atoms with Crippen LogP contribution in [-0.2, 0) is 20.7 Å². The average Bonchev–Trinajstić information content (AvgIpc) is 3.05. The summed E-state index contributed by atoms with van der Waals surface area (Å²) in [4.78, 5) is 15.8. The van der Waals surface area contributed by atoms with Gasteiger partial charge in [0.1, 0.15) is 5.82 Å². The Hall–Kier alpha value is -1.21. The van der Waals surface area contributed by atoms with Crippen molar-refractivity contribution in [1.82, 2.24) is 9.36 Å². The topological polar surface area (TPSA) is 73.3 Å². The zero-order valence-corrected chi connectivity index (χ0v) is 12.0. The van der Waals surface area contributed by atoms with Crippen LogP contribution in [0.15, 0.2) is 0 Å². The number of ether oxygens (including phenoxy) is 2. The standard InChI is InChI=1S/C12H19N3O3S/c1-17-6-5-10-14-12(19-15-10)13-9-4-3-8(7-9)11(16)18-2/h8-9H,3-7H2,1-2H3,(H,13,14,15)/t8-,9+/m0/s1. The molecule has 7 heteroatoms. The number of nitrogens with one attached hydrogen (secondary N) is 1. The fraction of sp³-hybridized carbons (Fsp3) is 0.750. The molecule has 1 aromatic heterocycles. The average molecular weight is 285 g/mol. The van der Waals surface area contributed by atoms with Crippen molar-refractivity contribution >= 4 is 22.6 Å². The minimum Gasteiger partial charge on any atom is -0.469 e. The zero-order valence-electron chi connectivity index (χ0n) is 11.2. The SMILES string of the molecule is COCCc1nsc(N[C@@H]2CC[C@H](C(=O)OC)C2)n1. The van der Waals surface area contributed by atoms with E-state index in [1.165, 1.54) is 18.6 Å². The molecule has 0 saturated heterocycles. The second kappa shape index (κ2) is 6.81. The third-order valence-corrected chi connectivity index (χ3v) is 3.98. The summed E-state index contributed by atoms with van der Waals surface area (Å²) in [6.45, 7) is 0.629. The molecule has 1 aliphatic carbocycles. The highest BCUT2D eigenvalue weighted by molar-refractivity contribution is 7.09. The van der Waals surface area contributed by atoms with Gasteiger partial charge in [0.2, 0.25) is 5.13 Å². The number of esters is 1. The van der Waals surface area contributed by atoms with Crippen LogP contribution in [0, 0.1) is 5.92 Å². The number of methoxy groups -OCH3 is 2. The summed E-state index contributed by atoms with van der Waals surface area (Å²) < 4.78 is 14.0. The van der Waals surface area contributed by atoms with Gasteiger partial charge in [-0.15, -0.1) is 0 Å². The Bertz CT molecular complexity index is 424. The summed E-state index contributed by atoms with van der Waals surface area (Å²) in [6.07, 6.45) is 3.37. The van der Waals surface area contributed by atoms with Crippen LogP contribution in [0.25, 0.3) is 0 Å². The molecule has 106 valence electrons. The first-order chi connectivity index (χ1) is 9.22. The Morgan fingerprint density at radius 1 is 1.47 bits per heavy atom. The van der Waals surface area contributed by atoms with Crippen LogP contribution in [0.4, 0.5) is 5.13 Å². The van der Waals surface area contributed by atoms with E-state index in [9.17, 15) is 4.79 Å². The molecular formula is C12H19N3O3S. The van der Waals surface area contributed by atoms with E-state index in [2.05, 4.69) is 14.7 Å². The minimum atomic E-state index is -0.109. The molecule has 0 aliphatic heterocycles. The van der Waals surface area contributed by atoms with Gasteiger partial charge in [-0.2, -0.15) is 4.37 Å². The second-order valence-electron chi connectivity index (χ2n) is 4.63. The maximum Gasteiger partial charge on any atom is 0.308 e. The number of aromatic nitrogens is 2. The smallest absolute Gasteiger partial charge is 0.308 e. The summed E-state index contributed by atoms with van der Waals surface area (Å²) >= 11 is 1.36. The fourth-order valence-electron chi connectivity index (χ4n) is 2.28. The van der Waals surface area contributed by atoms with E-state index >= 15 is 0 Å². The summed E-state index contributed by atoms with van der Waals surface area (Å²) in [5, 5.41) is 4.16. The number of hydrogen-bond donors (Lipinski definition) is 1. The highest BCUT2D eigenvalue weighted by Crippen LogP contribution is 2.29. The van der Waals surface area contributed by atoms with E-state index in [1.54, 1.807) is 7.11 Å². The van der Waals surface area contributed by atoms with Crippen molar-refractivity contribution in [3.8, 4) is 0 Å². The van der Waals surface area contributed by atoms with Gasteiger partial charge in [0, 0.05) is 31.1 Å². The molecule has 0 unspecified atom stereocenters. The van der Waals surface area contributed by atoms with Gasteiger partial charge in [0.05, 0.1) is 19.6 Å². The molecule has 0 bridgehead atoms. The number of anilines is 1. The lowest BCUT2D eigenvalue weighted by Gasteiger charge is -2.10. The lowest BCUT2D eigenvalue weighted by Crippen LogP contribution is -2.18. The molecule has 0 radical (unpaired) electrons. The number of hydrogen-bond acceptors (Lipinski definition) is 7. The summed E-state index contributed by atoms with van der Waals surface area (Å²) in [5.41, 5.74) is 0. The largest absolute Gasteiger partial charge is 0.469 e. The van der Waals surface area contributed by atoms with E-state index in [-0.39, 0.29) is 17.9 Å². The summed E-state index contributed by atoms with van der Waals surface area (Å²) in [5.74, 6) is 0.711. The second-order valence-corrected chi connectivity index (χ2v) is 5.38. The maximum atomic E-state index is 11.4. The molecule has 2 atom stereocenters. The van der Waals surface area contributed by atoms with E-state index in [0.29, 0.717) is 6.61 Å². The third kappa shape index (κ3) is 3.87. The first-order valence-electron chi connectivity index (χ1n) is 6.38. The Balaban J connectivity index is 1.82. The molecule has 1 heterocycles. The van der Waals surface area contributed by atoms with E-state index in [1.807, 2.05) is 0 Å². The van der Waals surface area contributed by atoms with Crippen LogP contribution in [0.5, 0.6) is 0 Å². The van der Waals surface area contributed by atoms with Crippen LogP contribution < -0.4 is 5.32 Å². The van der Waals surface area contributed by atoms with Gasteiger partial charge in [0.25, 0.3) is 0 Å². The minimum absolute atomic E-state index is 0.0170. The van der Waals surface area contributed by atoms with Crippen molar-refractivity contribution in [3.05, 3.63) is 5.82 Å². The molecular weight excluding hydrogens is 266 g/mol. The normalized spacial score (nSPS) is 22.4. The molecule has 0 amide bonds. The Morgan fingerprint density at radius 3 is 3.05 bits per heavy atom. The van der Waals surface area contributed by atoms with Gasteiger partial charge >= 0.3 is 5.97 Å². The Labute approximate surface area is 116 Å². The summed E-state index contributed by atoms with van der Waals surface area (Å²) in [7, 11) is 3.10. The van der Waals surface area contributed by atoms with Crippen molar-refractivity contribution < 1.29 is 14.3 Å². The van der Waals surface area contributed by atoms with Gasteiger partial charge in [0.15, 0.2) is 0 Å². The van der Waals surface area contributed by atoms with Gasteiger partial charge in [-0.3, -0.25) is 4.79 Å². The molecule has 6 nitrogen and oxygen atoms in total. The molecule has 1 fully saturated rings. The van der Waals surface area contributed by atoms with Crippen molar-refractivity contribution in [2.24, 2.45) is 5.92 Å². The summed E-state index contributed by atoms with van der Waals surface area (Å²) in [6, 6.07) is 0.285. The Kier molecular flexibility index (Phi) is 5.09. The predicted octanol–water partition coefficient (Wildman–Crippen LogP) is 1.48. The molecule has 19 heavy (non-hydrogen) atoms. The van der Waals surface area contributed by atoms with Crippen molar-refractivity contribution in [2.75, 3.05) is 26.1 Å². The van der Waals surface area contributed by atoms with Gasteiger partial charge in [-0.05, 0) is 19.3 Å². The molecule has 1 aliphatic rings. The highest BCUT2D eigenvalue weighted by Gasteiger charge is 2.30. The van der Waals surface area contributed by atoms with E-state index < -0.39 is 0 Å². The highest BCUT2D eigenvalue weighted by atomic mass is 32.1. The van der Waals surface area contributed by atoms with Crippen molar-refractivity contribution in [2.45, 2.75) is 31.7 Å². The van der Waals surface area contributed by atoms with Gasteiger partial charge in [-0.1, -0.05) is 0 Å². The van der Waals surface area contributed by atoms with Crippen LogP contribution in [0.3, 0.4) is 0 Å². The molecule has 0 spiro atoms. The Morgan fingerprint density at radius 2 is 2.32 bits per heavy atom.